The molecule has 156 valence electrons. The Morgan fingerprint density at radius 2 is 1.68 bits per heavy atom. The van der Waals surface area contributed by atoms with Crippen LogP contribution < -0.4 is 4.90 Å². The second-order valence-electron chi connectivity index (χ2n) is 7.49. The molecule has 0 aromatic heterocycles. The Hall–Kier alpha value is -2.89. The average molecular weight is 449 g/mol. The van der Waals surface area contributed by atoms with Crippen molar-refractivity contribution < 1.29 is 9.59 Å². The van der Waals surface area contributed by atoms with Crippen LogP contribution in [0.4, 0.5) is 11.4 Å². The summed E-state index contributed by atoms with van der Waals surface area (Å²) < 4.78 is 0. The number of carbonyl (C=O) groups is 2. The van der Waals surface area contributed by atoms with Gasteiger partial charge >= 0.3 is 0 Å². The maximum Gasteiger partial charge on any atom is 0.247 e. The monoisotopic (exact) mass is 448 g/mol. The maximum atomic E-state index is 13.4. The number of ketones is 1. The van der Waals surface area contributed by atoms with Gasteiger partial charge in [0, 0.05) is 17.0 Å². The van der Waals surface area contributed by atoms with E-state index in [0.717, 1.165) is 22.5 Å². The molecule has 1 saturated heterocycles. The molecule has 0 spiro atoms. The van der Waals surface area contributed by atoms with E-state index in [-0.39, 0.29) is 18.1 Å². The summed E-state index contributed by atoms with van der Waals surface area (Å²) in [5.74, 6) is -0.229. The Balaban J connectivity index is 1.66. The van der Waals surface area contributed by atoms with Gasteiger partial charge in [0.15, 0.2) is 11.0 Å². The van der Waals surface area contributed by atoms with Gasteiger partial charge < -0.3 is 0 Å². The molecule has 0 aliphatic carbocycles. The summed E-state index contributed by atoms with van der Waals surface area (Å²) in [6.45, 7) is 3.98. The zero-order valence-corrected chi connectivity index (χ0v) is 18.8. The number of carbonyl (C=O) groups excluding carboxylic acids is 2. The summed E-state index contributed by atoms with van der Waals surface area (Å²) in [7, 11) is 0. The molecular weight excluding hydrogens is 428 g/mol. The Bertz CT molecular complexity index is 1170. The van der Waals surface area contributed by atoms with E-state index in [0.29, 0.717) is 15.8 Å². The van der Waals surface area contributed by atoms with Crippen LogP contribution in [0.5, 0.6) is 0 Å². The van der Waals surface area contributed by atoms with Crippen molar-refractivity contribution in [3.63, 3.8) is 0 Å². The summed E-state index contributed by atoms with van der Waals surface area (Å²) in [5, 5.41) is 0.614. The summed E-state index contributed by atoms with van der Waals surface area (Å²) >= 11 is 7.26. The van der Waals surface area contributed by atoms with E-state index in [1.54, 1.807) is 29.2 Å². The van der Waals surface area contributed by atoms with Gasteiger partial charge in [0.2, 0.25) is 5.91 Å². The summed E-state index contributed by atoms with van der Waals surface area (Å²) in [4.78, 5) is 32.5. The first kappa shape index (κ1) is 21.3. The number of hydrogen-bond donors (Lipinski definition) is 0. The molecule has 4 rings (SSSR count). The van der Waals surface area contributed by atoms with Crippen LogP contribution in [0.2, 0.25) is 5.02 Å². The minimum atomic E-state index is -0.535. The van der Waals surface area contributed by atoms with Crippen molar-refractivity contribution in [1.29, 1.82) is 0 Å². The number of amides is 1. The Morgan fingerprint density at radius 3 is 2.35 bits per heavy atom. The van der Waals surface area contributed by atoms with Crippen molar-refractivity contribution in [1.82, 2.24) is 0 Å². The number of Topliss-reactive ketones (excluding diaryl/α,β-unsaturated/α-hetero) is 1. The van der Waals surface area contributed by atoms with Crippen molar-refractivity contribution in [2.24, 2.45) is 4.99 Å². The molecule has 3 aromatic carbocycles. The smallest absolute Gasteiger partial charge is 0.247 e. The van der Waals surface area contributed by atoms with Gasteiger partial charge in [-0.05, 0) is 73.5 Å². The highest BCUT2D eigenvalue weighted by molar-refractivity contribution is 8.16. The van der Waals surface area contributed by atoms with E-state index in [2.05, 4.69) is 0 Å². The number of thioether (sulfide) groups is 1. The molecule has 1 heterocycles. The van der Waals surface area contributed by atoms with E-state index < -0.39 is 5.25 Å². The molecule has 0 bridgehead atoms. The van der Waals surface area contributed by atoms with Crippen LogP contribution in [0, 0.1) is 13.8 Å². The number of rotatable bonds is 5. The number of hydrogen-bond acceptors (Lipinski definition) is 4. The van der Waals surface area contributed by atoms with Crippen molar-refractivity contribution >= 4 is 51.6 Å². The molecule has 6 heteroatoms. The van der Waals surface area contributed by atoms with Crippen LogP contribution in [0.25, 0.3) is 0 Å². The number of anilines is 1. The van der Waals surface area contributed by atoms with E-state index in [4.69, 9.17) is 16.6 Å². The Morgan fingerprint density at radius 1 is 1.00 bits per heavy atom. The number of halogens is 1. The van der Waals surface area contributed by atoms with Gasteiger partial charge in [0.1, 0.15) is 0 Å². The minimum Gasteiger partial charge on any atom is -0.294 e. The summed E-state index contributed by atoms with van der Waals surface area (Å²) in [5.41, 5.74) is 4.21. The topological polar surface area (TPSA) is 49.7 Å². The first-order chi connectivity index (χ1) is 14.9. The van der Waals surface area contributed by atoms with Crippen LogP contribution in [0.3, 0.4) is 0 Å². The van der Waals surface area contributed by atoms with Crippen LogP contribution in [-0.4, -0.2) is 22.1 Å². The van der Waals surface area contributed by atoms with Gasteiger partial charge in [-0.3, -0.25) is 14.5 Å². The lowest BCUT2D eigenvalue weighted by Crippen LogP contribution is -2.32. The number of aryl methyl sites for hydroxylation is 2. The third kappa shape index (κ3) is 4.89. The van der Waals surface area contributed by atoms with Gasteiger partial charge in [-0.25, -0.2) is 4.99 Å². The van der Waals surface area contributed by atoms with Gasteiger partial charge in [-0.1, -0.05) is 47.6 Å². The predicted molar refractivity (Wildman–Crippen MR) is 129 cm³/mol. The Kier molecular flexibility index (Phi) is 6.25. The summed E-state index contributed by atoms with van der Waals surface area (Å²) in [6.07, 6.45) is 0.0975. The fourth-order valence-corrected chi connectivity index (χ4v) is 4.69. The lowest BCUT2D eigenvalue weighted by Gasteiger charge is -2.17. The largest absolute Gasteiger partial charge is 0.294 e. The van der Waals surface area contributed by atoms with Crippen molar-refractivity contribution in [2.45, 2.75) is 25.5 Å². The lowest BCUT2D eigenvalue weighted by atomic mass is 10.1. The molecule has 31 heavy (non-hydrogen) atoms. The SMILES string of the molecule is Cc1cccc(N=C2SC(CC(=O)c3ccc(Cl)cc3)C(=O)N2c2cccc(C)c2)c1. The highest BCUT2D eigenvalue weighted by Crippen LogP contribution is 2.36. The van der Waals surface area contributed by atoms with Crippen LogP contribution in [0.15, 0.2) is 77.8 Å². The van der Waals surface area contributed by atoms with E-state index >= 15 is 0 Å². The highest BCUT2D eigenvalue weighted by atomic mass is 35.5. The molecule has 1 unspecified atom stereocenters. The first-order valence-electron chi connectivity index (χ1n) is 9.92. The van der Waals surface area contributed by atoms with Crippen LogP contribution in [-0.2, 0) is 4.79 Å². The van der Waals surface area contributed by atoms with Crippen molar-refractivity contribution in [3.8, 4) is 0 Å². The van der Waals surface area contributed by atoms with Gasteiger partial charge in [-0.15, -0.1) is 0 Å². The quantitative estimate of drug-likeness (QED) is 0.426. The van der Waals surface area contributed by atoms with E-state index in [9.17, 15) is 9.59 Å². The first-order valence-corrected chi connectivity index (χ1v) is 11.2. The molecule has 3 aromatic rings. The van der Waals surface area contributed by atoms with Gasteiger partial charge in [0.05, 0.1) is 16.6 Å². The zero-order valence-electron chi connectivity index (χ0n) is 17.2. The van der Waals surface area contributed by atoms with Gasteiger partial charge in [0.25, 0.3) is 0 Å². The number of benzene rings is 3. The third-order valence-corrected chi connectivity index (χ3v) is 6.35. The summed E-state index contributed by atoms with van der Waals surface area (Å²) in [6, 6.07) is 22.3. The molecule has 4 nitrogen and oxygen atoms in total. The maximum absolute atomic E-state index is 13.4. The standard InChI is InChI=1S/C25H21ClN2O2S/c1-16-5-3-7-20(13-16)27-25-28(21-8-4-6-17(2)14-21)24(30)23(31-25)15-22(29)18-9-11-19(26)12-10-18/h3-14,23H,15H2,1-2H3. The van der Waals surface area contributed by atoms with Gasteiger partial charge in [-0.2, -0.15) is 0 Å². The molecule has 1 aliphatic heterocycles. The molecular formula is C25H21ClN2O2S. The molecule has 1 aliphatic rings. The predicted octanol–water partition coefficient (Wildman–Crippen LogP) is 6.37. The fourth-order valence-electron chi connectivity index (χ4n) is 3.41. The molecule has 1 amide bonds. The Labute approximate surface area is 190 Å². The lowest BCUT2D eigenvalue weighted by molar-refractivity contribution is -0.116. The third-order valence-electron chi connectivity index (χ3n) is 4.96. The second-order valence-corrected chi connectivity index (χ2v) is 9.09. The fraction of sp³-hybridized carbons (Fsp3) is 0.160. The normalized spacial score (nSPS) is 17.4. The zero-order chi connectivity index (χ0) is 22.0. The molecule has 0 N–H and O–H groups in total. The second kappa shape index (κ2) is 9.08. The van der Waals surface area contributed by atoms with E-state index in [1.165, 1.54) is 11.8 Å². The average Bonchev–Trinajstić information content (AvgIpc) is 3.03. The molecule has 1 atom stereocenters. The minimum absolute atomic E-state index is 0.0940. The molecule has 1 fully saturated rings. The van der Waals surface area contributed by atoms with Crippen molar-refractivity contribution in [3.05, 3.63) is 94.5 Å². The van der Waals surface area contributed by atoms with E-state index in [1.807, 2.05) is 62.4 Å². The number of aliphatic imine (C=N–C) groups is 1. The molecule has 0 radical (unpaired) electrons. The highest BCUT2D eigenvalue weighted by Gasteiger charge is 2.40. The van der Waals surface area contributed by atoms with Crippen molar-refractivity contribution in [2.75, 3.05) is 4.90 Å². The van der Waals surface area contributed by atoms with Crippen LogP contribution >= 0.6 is 23.4 Å². The van der Waals surface area contributed by atoms with Crippen LogP contribution in [0.1, 0.15) is 27.9 Å². The number of amidine groups is 1. The number of nitrogens with zero attached hydrogens (tertiary/aromatic N) is 2. The molecule has 0 saturated carbocycles.